The molecule has 0 bridgehead atoms. The normalized spacial score (nSPS) is 14.2. The second kappa shape index (κ2) is 9.41. The lowest BCUT2D eigenvalue weighted by Crippen LogP contribution is -2.35. The van der Waals surface area contributed by atoms with E-state index in [4.69, 9.17) is 31.1 Å². The zero-order valence-electron chi connectivity index (χ0n) is 20.1. The number of fused-ring (bicyclic) bond motifs is 1. The van der Waals surface area contributed by atoms with Crippen LogP contribution in [0.1, 0.15) is 28.4 Å². The number of aryl methyl sites for hydroxylation is 1. The van der Waals surface area contributed by atoms with E-state index in [1.165, 1.54) is 17.0 Å². The van der Waals surface area contributed by atoms with Crippen molar-refractivity contribution in [1.82, 2.24) is 14.9 Å². The maximum Gasteiger partial charge on any atom is 0.328 e. The van der Waals surface area contributed by atoms with Gasteiger partial charge in [-0.1, -0.05) is 0 Å². The van der Waals surface area contributed by atoms with Gasteiger partial charge < -0.3 is 35.9 Å². The van der Waals surface area contributed by atoms with Gasteiger partial charge in [0.05, 0.1) is 5.69 Å². The molecule has 4 rings (SSSR count). The van der Waals surface area contributed by atoms with Crippen LogP contribution < -0.4 is 31.0 Å². The van der Waals surface area contributed by atoms with Crippen molar-refractivity contribution in [1.29, 1.82) is 5.41 Å². The maximum atomic E-state index is 12.5. The Morgan fingerprint density at radius 2 is 1.89 bits per heavy atom. The van der Waals surface area contributed by atoms with Crippen LogP contribution in [-0.2, 0) is 4.79 Å². The Kier molecular flexibility index (Phi) is 6.34. The van der Waals surface area contributed by atoms with Gasteiger partial charge in [0.1, 0.15) is 11.6 Å². The van der Waals surface area contributed by atoms with Gasteiger partial charge in [-0.3, -0.25) is 15.0 Å². The fourth-order valence-corrected chi connectivity index (χ4v) is 3.35. The SMILES string of the molecule is Cc1cc(Oc2nc(Oc3cc(C(=N)N)ccc3N)nc3c2NC(=O)C(C)O3)cc(C(=O)N(C)C)c1. The molecule has 36 heavy (non-hydrogen) atoms. The van der Waals surface area contributed by atoms with Gasteiger partial charge in [0.25, 0.3) is 17.7 Å². The number of nitrogens with zero attached hydrogens (tertiary/aromatic N) is 3. The van der Waals surface area contributed by atoms with Crippen LogP contribution in [0.3, 0.4) is 0 Å². The number of anilines is 2. The molecule has 0 saturated carbocycles. The van der Waals surface area contributed by atoms with Gasteiger partial charge in [-0.15, -0.1) is 0 Å². The zero-order chi connectivity index (χ0) is 26.1. The second-order valence-corrected chi connectivity index (χ2v) is 8.35. The van der Waals surface area contributed by atoms with Crippen LogP contribution in [0.5, 0.6) is 29.3 Å². The highest BCUT2D eigenvalue weighted by atomic mass is 16.5. The van der Waals surface area contributed by atoms with Crippen molar-refractivity contribution in [2.45, 2.75) is 20.0 Å². The van der Waals surface area contributed by atoms with Crippen molar-refractivity contribution >= 4 is 29.0 Å². The van der Waals surface area contributed by atoms with Gasteiger partial charge in [-0.25, -0.2) is 0 Å². The first-order valence-electron chi connectivity index (χ1n) is 10.8. The highest BCUT2D eigenvalue weighted by Gasteiger charge is 2.30. The quantitative estimate of drug-likeness (QED) is 0.229. The van der Waals surface area contributed by atoms with Gasteiger partial charge in [0, 0.05) is 25.2 Å². The molecule has 2 amide bonds. The van der Waals surface area contributed by atoms with Crippen LogP contribution in [0.4, 0.5) is 11.4 Å². The number of nitrogens with two attached hydrogens (primary N) is 2. The number of carbonyl (C=O) groups excluding carboxylic acids is 2. The lowest BCUT2D eigenvalue weighted by Gasteiger charge is -2.24. The molecule has 1 aliphatic rings. The molecule has 2 aromatic carbocycles. The largest absolute Gasteiger partial charge is 0.463 e. The Labute approximate surface area is 206 Å². The van der Waals surface area contributed by atoms with Crippen LogP contribution in [0, 0.1) is 12.3 Å². The summed E-state index contributed by atoms with van der Waals surface area (Å²) in [6.45, 7) is 3.39. The summed E-state index contributed by atoms with van der Waals surface area (Å²) in [5.41, 5.74) is 13.5. The molecule has 1 unspecified atom stereocenters. The number of ether oxygens (including phenoxy) is 3. The van der Waals surface area contributed by atoms with E-state index in [1.54, 1.807) is 45.3 Å². The average Bonchev–Trinajstić information content (AvgIpc) is 2.80. The average molecular weight is 492 g/mol. The molecular weight excluding hydrogens is 466 g/mol. The van der Waals surface area contributed by atoms with Gasteiger partial charge in [0.2, 0.25) is 5.88 Å². The van der Waals surface area contributed by atoms with Gasteiger partial charge >= 0.3 is 6.01 Å². The number of rotatable bonds is 6. The lowest BCUT2D eigenvalue weighted by atomic mass is 10.1. The first-order chi connectivity index (χ1) is 17.0. The van der Waals surface area contributed by atoms with Gasteiger partial charge in [-0.05, 0) is 55.8 Å². The third-order valence-electron chi connectivity index (χ3n) is 5.17. The number of hydrogen-bond acceptors (Lipinski definition) is 9. The summed E-state index contributed by atoms with van der Waals surface area (Å²) < 4.78 is 17.4. The van der Waals surface area contributed by atoms with Crippen LogP contribution in [0.25, 0.3) is 0 Å². The van der Waals surface area contributed by atoms with E-state index >= 15 is 0 Å². The molecule has 1 atom stereocenters. The summed E-state index contributed by atoms with van der Waals surface area (Å²) in [6, 6.07) is 9.42. The van der Waals surface area contributed by atoms with Crippen LogP contribution >= 0.6 is 0 Å². The molecule has 0 aliphatic carbocycles. The number of aromatic nitrogens is 2. The molecule has 12 nitrogen and oxygen atoms in total. The van der Waals surface area contributed by atoms with E-state index < -0.39 is 12.0 Å². The number of amidine groups is 1. The topological polar surface area (TPSA) is 179 Å². The molecule has 0 radical (unpaired) electrons. The van der Waals surface area contributed by atoms with E-state index in [9.17, 15) is 9.59 Å². The molecule has 12 heteroatoms. The Bertz CT molecular complexity index is 1390. The van der Waals surface area contributed by atoms with Crippen LogP contribution in [0.2, 0.25) is 0 Å². The number of benzene rings is 2. The highest BCUT2D eigenvalue weighted by Crippen LogP contribution is 2.40. The molecule has 2 heterocycles. The second-order valence-electron chi connectivity index (χ2n) is 8.35. The highest BCUT2D eigenvalue weighted by molar-refractivity contribution is 5.98. The van der Waals surface area contributed by atoms with Crippen molar-refractivity contribution in [2.75, 3.05) is 25.1 Å². The van der Waals surface area contributed by atoms with Gasteiger partial charge in [0.15, 0.2) is 17.5 Å². The Morgan fingerprint density at radius 3 is 2.58 bits per heavy atom. The minimum Gasteiger partial charge on any atom is -0.463 e. The third-order valence-corrected chi connectivity index (χ3v) is 5.17. The fraction of sp³-hybridized carbons (Fsp3) is 0.208. The minimum atomic E-state index is -0.817. The molecule has 3 aromatic rings. The van der Waals surface area contributed by atoms with Crippen molar-refractivity contribution in [2.24, 2.45) is 5.73 Å². The van der Waals surface area contributed by atoms with Crippen molar-refractivity contribution in [3.63, 3.8) is 0 Å². The Morgan fingerprint density at radius 1 is 1.14 bits per heavy atom. The third kappa shape index (κ3) is 4.97. The summed E-state index contributed by atoms with van der Waals surface area (Å²) in [5.74, 6) is -0.350. The summed E-state index contributed by atoms with van der Waals surface area (Å²) in [4.78, 5) is 34.8. The number of nitrogens with one attached hydrogen (secondary N) is 2. The number of hydrogen-bond donors (Lipinski definition) is 4. The van der Waals surface area contributed by atoms with Crippen LogP contribution in [0.15, 0.2) is 36.4 Å². The van der Waals surface area contributed by atoms with E-state index in [0.29, 0.717) is 16.9 Å². The fourth-order valence-electron chi connectivity index (χ4n) is 3.35. The molecule has 1 aliphatic heterocycles. The molecule has 0 fully saturated rings. The zero-order valence-corrected chi connectivity index (χ0v) is 20.1. The lowest BCUT2D eigenvalue weighted by molar-refractivity contribution is -0.122. The van der Waals surface area contributed by atoms with Crippen molar-refractivity contribution in [3.8, 4) is 29.3 Å². The Hall–Kier alpha value is -4.87. The van der Waals surface area contributed by atoms with Crippen molar-refractivity contribution < 1.29 is 23.8 Å². The van der Waals surface area contributed by atoms with E-state index in [2.05, 4.69) is 15.3 Å². The summed E-state index contributed by atoms with van der Waals surface area (Å²) in [7, 11) is 3.30. The molecule has 0 spiro atoms. The number of nitrogen functional groups attached to an aromatic ring is 2. The molecule has 186 valence electrons. The number of carbonyl (C=O) groups is 2. The predicted molar refractivity (Wildman–Crippen MR) is 132 cm³/mol. The first kappa shape index (κ1) is 24.3. The summed E-state index contributed by atoms with van der Waals surface area (Å²) in [6.07, 6.45) is -0.817. The summed E-state index contributed by atoms with van der Waals surface area (Å²) in [5, 5.41) is 10.3. The molecular formula is C24H25N7O5. The molecule has 1 aromatic heterocycles. The first-order valence-corrected chi connectivity index (χ1v) is 10.8. The van der Waals surface area contributed by atoms with Gasteiger partial charge in [-0.2, -0.15) is 9.97 Å². The molecule has 6 N–H and O–H groups in total. The van der Waals surface area contributed by atoms with E-state index in [1.807, 2.05) is 6.92 Å². The predicted octanol–water partition coefficient (Wildman–Crippen LogP) is 2.66. The monoisotopic (exact) mass is 491 g/mol. The molecule has 0 saturated heterocycles. The van der Waals surface area contributed by atoms with Crippen LogP contribution in [-0.4, -0.2) is 52.7 Å². The number of amides is 2. The maximum absolute atomic E-state index is 12.5. The Balaban J connectivity index is 1.77. The summed E-state index contributed by atoms with van der Waals surface area (Å²) >= 11 is 0. The van der Waals surface area contributed by atoms with Crippen molar-refractivity contribution in [3.05, 3.63) is 53.1 Å². The van der Waals surface area contributed by atoms with E-state index in [-0.39, 0.29) is 46.6 Å². The standard InChI is InChI=1S/C24H25N7O5/c1-11-7-14(23(33)31(3)4)9-15(8-11)35-22-18-21(34-12(2)20(32)28-18)29-24(30-22)36-17-10-13(19(26)27)5-6-16(17)25/h5-10,12H,25H2,1-4H3,(H3,26,27)(H,28,32). The minimum absolute atomic E-state index is 0.0284. The smallest absolute Gasteiger partial charge is 0.328 e. The van der Waals surface area contributed by atoms with E-state index in [0.717, 1.165) is 5.56 Å².